The van der Waals surface area contributed by atoms with Crippen LogP contribution in [0.3, 0.4) is 0 Å². The lowest BCUT2D eigenvalue weighted by molar-refractivity contribution is 0.0967. The number of nitrogens with zero attached hydrogens (tertiary/aromatic N) is 1. The molecule has 6 nitrogen and oxygen atoms in total. The summed E-state index contributed by atoms with van der Waals surface area (Å²) in [7, 11) is 3.86. The van der Waals surface area contributed by atoms with Gasteiger partial charge in [0.05, 0.1) is 0 Å². The molecule has 2 aromatic rings. The lowest BCUT2D eigenvalue weighted by Crippen LogP contribution is -2.34. The van der Waals surface area contributed by atoms with Gasteiger partial charge in [0, 0.05) is 36.7 Å². The van der Waals surface area contributed by atoms with Crippen LogP contribution in [0.5, 0.6) is 0 Å². The number of anilines is 3. The maximum atomic E-state index is 11.9. The Morgan fingerprint density at radius 3 is 2.09 bits per heavy atom. The normalized spacial score (nSPS) is 9.91. The number of urea groups is 1. The van der Waals surface area contributed by atoms with Gasteiger partial charge in [-0.2, -0.15) is 0 Å². The van der Waals surface area contributed by atoms with Gasteiger partial charge in [-0.05, 0) is 48.5 Å². The van der Waals surface area contributed by atoms with E-state index in [9.17, 15) is 9.59 Å². The standard InChI is InChI=1S/C16H18N4O2/c1-20(2)14-9-7-13(8-10-14)18-16(22)19-15(21)11-3-5-12(17)6-4-11/h3-10H,17H2,1-2H3,(H2,18,19,21,22). The van der Waals surface area contributed by atoms with E-state index in [0.717, 1.165) is 5.69 Å². The van der Waals surface area contributed by atoms with Crippen molar-refractivity contribution in [1.29, 1.82) is 0 Å². The fraction of sp³-hybridized carbons (Fsp3) is 0.125. The summed E-state index contributed by atoms with van der Waals surface area (Å²) in [5.41, 5.74) is 8.10. The molecule has 0 unspecified atom stereocenters. The summed E-state index contributed by atoms with van der Waals surface area (Å²) >= 11 is 0. The number of carbonyl (C=O) groups excluding carboxylic acids is 2. The molecule has 0 radical (unpaired) electrons. The molecule has 4 N–H and O–H groups in total. The minimum atomic E-state index is -0.584. The first-order valence-corrected chi connectivity index (χ1v) is 6.71. The predicted octanol–water partition coefficient (Wildman–Crippen LogP) is 2.30. The number of nitrogens with one attached hydrogen (secondary N) is 2. The van der Waals surface area contributed by atoms with Crippen LogP contribution in [0.25, 0.3) is 0 Å². The van der Waals surface area contributed by atoms with E-state index in [-0.39, 0.29) is 0 Å². The third-order valence-electron chi connectivity index (χ3n) is 3.04. The number of hydrogen-bond donors (Lipinski definition) is 3. The largest absolute Gasteiger partial charge is 0.399 e. The lowest BCUT2D eigenvalue weighted by atomic mass is 10.2. The number of imide groups is 1. The summed E-state index contributed by atoms with van der Waals surface area (Å²) in [5.74, 6) is -0.484. The molecule has 0 aliphatic heterocycles. The van der Waals surface area contributed by atoms with Crippen LogP contribution < -0.4 is 21.3 Å². The third-order valence-corrected chi connectivity index (χ3v) is 3.04. The molecule has 3 amide bonds. The van der Waals surface area contributed by atoms with E-state index < -0.39 is 11.9 Å². The Bertz CT molecular complexity index is 664. The molecule has 22 heavy (non-hydrogen) atoms. The SMILES string of the molecule is CN(C)c1ccc(NC(=O)NC(=O)c2ccc(N)cc2)cc1. The fourth-order valence-corrected chi connectivity index (χ4v) is 1.82. The van der Waals surface area contributed by atoms with Gasteiger partial charge in [0.25, 0.3) is 5.91 Å². The van der Waals surface area contributed by atoms with Gasteiger partial charge in [0.15, 0.2) is 0 Å². The van der Waals surface area contributed by atoms with Crippen molar-refractivity contribution in [3.63, 3.8) is 0 Å². The van der Waals surface area contributed by atoms with Gasteiger partial charge in [0.2, 0.25) is 0 Å². The summed E-state index contributed by atoms with van der Waals surface area (Å²) in [6.45, 7) is 0. The van der Waals surface area contributed by atoms with Gasteiger partial charge in [-0.1, -0.05) is 0 Å². The highest BCUT2D eigenvalue weighted by Gasteiger charge is 2.10. The molecule has 2 aromatic carbocycles. The van der Waals surface area contributed by atoms with Crippen LogP contribution in [0.2, 0.25) is 0 Å². The van der Waals surface area contributed by atoms with E-state index in [1.54, 1.807) is 36.4 Å². The van der Waals surface area contributed by atoms with Crippen molar-refractivity contribution < 1.29 is 9.59 Å². The van der Waals surface area contributed by atoms with Crippen LogP contribution in [0.4, 0.5) is 21.9 Å². The van der Waals surface area contributed by atoms with E-state index in [1.807, 2.05) is 31.1 Å². The Labute approximate surface area is 128 Å². The number of carbonyl (C=O) groups is 2. The lowest BCUT2D eigenvalue weighted by Gasteiger charge is -2.13. The average Bonchev–Trinajstić information content (AvgIpc) is 2.48. The fourth-order valence-electron chi connectivity index (χ4n) is 1.82. The number of rotatable bonds is 3. The number of nitrogens with two attached hydrogens (primary N) is 1. The van der Waals surface area contributed by atoms with Gasteiger partial charge in [-0.3, -0.25) is 10.1 Å². The first-order chi connectivity index (χ1) is 10.5. The summed E-state index contributed by atoms with van der Waals surface area (Å²) in [6, 6.07) is 13.0. The Kier molecular flexibility index (Phi) is 4.63. The van der Waals surface area contributed by atoms with Gasteiger partial charge in [-0.25, -0.2) is 4.79 Å². The van der Waals surface area contributed by atoms with E-state index in [2.05, 4.69) is 10.6 Å². The van der Waals surface area contributed by atoms with Crippen molar-refractivity contribution in [2.24, 2.45) is 0 Å². The van der Waals surface area contributed by atoms with Crippen molar-refractivity contribution in [1.82, 2.24) is 5.32 Å². The Balaban J connectivity index is 1.94. The molecular formula is C16H18N4O2. The minimum absolute atomic E-state index is 0.368. The maximum Gasteiger partial charge on any atom is 0.326 e. The van der Waals surface area contributed by atoms with Crippen LogP contribution in [0, 0.1) is 0 Å². The topological polar surface area (TPSA) is 87.5 Å². The molecule has 0 heterocycles. The molecule has 6 heteroatoms. The van der Waals surface area contributed by atoms with Crippen molar-refractivity contribution in [2.45, 2.75) is 0 Å². The molecule has 0 aromatic heterocycles. The number of hydrogen-bond acceptors (Lipinski definition) is 4. The summed E-state index contributed by atoms with van der Waals surface area (Å²) < 4.78 is 0. The first kappa shape index (κ1) is 15.4. The van der Waals surface area contributed by atoms with Crippen LogP contribution in [-0.4, -0.2) is 26.0 Å². The molecule has 0 atom stereocenters. The zero-order valence-corrected chi connectivity index (χ0v) is 12.5. The highest BCUT2D eigenvalue weighted by Crippen LogP contribution is 2.15. The number of nitrogen functional groups attached to an aromatic ring is 1. The second-order valence-electron chi connectivity index (χ2n) is 4.97. The van der Waals surface area contributed by atoms with Crippen molar-refractivity contribution >= 4 is 29.0 Å². The summed E-state index contributed by atoms with van der Waals surface area (Å²) in [5, 5.41) is 4.87. The first-order valence-electron chi connectivity index (χ1n) is 6.71. The van der Waals surface area contributed by atoms with Gasteiger partial charge >= 0.3 is 6.03 Å². The number of benzene rings is 2. The van der Waals surface area contributed by atoms with Gasteiger partial charge < -0.3 is 16.0 Å². The van der Waals surface area contributed by atoms with Gasteiger partial charge in [0.1, 0.15) is 0 Å². The second-order valence-corrected chi connectivity index (χ2v) is 4.97. The Morgan fingerprint density at radius 2 is 1.55 bits per heavy atom. The molecule has 0 bridgehead atoms. The van der Waals surface area contributed by atoms with E-state index >= 15 is 0 Å². The molecule has 0 saturated heterocycles. The smallest absolute Gasteiger partial charge is 0.326 e. The molecule has 0 aliphatic rings. The average molecular weight is 298 g/mol. The van der Waals surface area contributed by atoms with Crippen molar-refractivity contribution in [3.8, 4) is 0 Å². The summed E-state index contributed by atoms with van der Waals surface area (Å²) in [4.78, 5) is 25.6. The highest BCUT2D eigenvalue weighted by atomic mass is 16.2. The van der Waals surface area contributed by atoms with Crippen molar-refractivity contribution in [2.75, 3.05) is 30.0 Å². The Morgan fingerprint density at radius 1 is 0.955 bits per heavy atom. The zero-order valence-electron chi connectivity index (χ0n) is 12.5. The van der Waals surface area contributed by atoms with Crippen LogP contribution >= 0.6 is 0 Å². The van der Waals surface area contributed by atoms with Crippen LogP contribution in [-0.2, 0) is 0 Å². The summed E-state index contributed by atoms with van der Waals surface area (Å²) in [6.07, 6.45) is 0. The zero-order chi connectivity index (χ0) is 16.1. The molecule has 0 fully saturated rings. The monoisotopic (exact) mass is 298 g/mol. The molecule has 2 rings (SSSR count). The quantitative estimate of drug-likeness (QED) is 0.759. The maximum absolute atomic E-state index is 11.9. The highest BCUT2D eigenvalue weighted by molar-refractivity contribution is 6.08. The van der Waals surface area contributed by atoms with Crippen LogP contribution in [0.15, 0.2) is 48.5 Å². The molecular weight excluding hydrogens is 280 g/mol. The second kappa shape index (κ2) is 6.62. The molecule has 0 saturated carbocycles. The van der Waals surface area contributed by atoms with Crippen molar-refractivity contribution in [3.05, 3.63) is 54.1 Å². The predicted molar refractivity (Wildman–Crippen MR) is 88.1 cm³/mol. The minimum Gasteiger partial charge on any atom is -0.399 e. The van der Waals surface area contributed by atoms with Gasteiger partial charge in [-0.15, -0.1) is 0 Å². The molecule has 0 aliphatic carbocycles. The van der Waals surface area contributed by atoms with Crippen LogP contribution in [0.1, 0.15) is 10.4 Å². The van der Waals surface area contributed by atoms with E-state index in [0.29, 0.717) is 16.9 Å². The third kappa shape index (κ3) is 3.99. The number of amides is 3. The molecule has 0 spiro atoms. The van der Waals surface area contributed by atoms with E-state index in [1.165, 1.54) is 0 Å². The van der Waals surface area contributed by atoms with E-state index in [4.69, 9.17) is 5.73 Å². The molecule has 114 valence electrons. The Hall–Kier alpha value is -3.02.